The van der Waals surface area contributed by atoms with Crippen LogP contribution in [-0.2, 0) is 17.6 Å². The quantitative estimate of drug-likeness (QED) is 0.894. The number of amides is 1. The van der Waals surface area contributed by atoms with Crippen LogP contribution in [0.25, 0.3) is 0 Å². The predicted molar refractivity (Wildman–Crippen MR) is 88.4 cm³/mol. The van der Waals surface area contributed by atoms with Crippen molar-refractivity contribution in [3.8, 4) is 0 Å². The van der Waals surface area contributed by atoms with Crippen molar-refractivity contribution in [3.63, 3.8) is 0 Å². The number of hydrogen-bond donors (Lipinski definition) is 2. The highest BCUT2D eigenvalue weighted by Gasteiger charge is 2.20. The first kappa shape index (κ1) is 14.3. The van der Waals surface area contributed by atoms with Gasteiger partial charge < -0.3 is 10.6 Å². The summed E-state index contributed by atoms with van der Waals surface area (Å²) in [6, 6.07) is 16.4. The second-order valence-electron chi connectivity index (χ2n) is 5.31. The van der Waals surface area contributed by atoms with Gasteiger partial charge in [-0.2, -0.15) is 0 Å². The van der Waals surface area contributed by atoms with Gasteiger partial charge in [-0.25, -0.2) is 0 Å². The van der Waals surface area contributed by atoms with Crippen molar-refractivity contribution >= 4 is 27.5 Å². The van der Waals surface area contributed by atoms with Gasteiger partial charge in [0.25, 0.3) is 0 Å². The maximum absolute atomic E-state index is 11.9. The van der Waals surface area contributed by atoms with Crippen LogP contribution in [0.2, 0.25) is 0 Å². The number of carbonyl (C=O) groups is 1. The highest BCUT2D eigenvalue weighted by molar-refractivity contribution is 9.10. The van der Waals surface area contributed by atoms with Gasteiger partial charge in [-0.05, 0) is 48.2 Å². The first-order valence-electron chi connectivity index (χ1n) is 7.06. The van der Waals surface area contributed by atoms with E-state index in [4.69, 9.17) is 0 Å². The van der Waals surface area contributed by atoms with Gasteiger partial charge in [0.05, 0.1) is 6.54 Å². The number of fused-ring (bicyclic) bond motifs is 1. The Hall–Kier alpha value is -1.65. The fourth-order valence-corrected chi connectivity index (χ4v) is 2.94. The van der Waals surface area contributed by atoms with Gasteiger partial charge >= 0.3 is 0 Å². The summed E-state index contributed by atoms with van der Waals surface area (Å²) < 4.78 is 1.00. The van der Waals surface area contributed by atoms with Gasteiger partial charge in [-0.15, -0.1) is 0 Å². The standard InChI is InChI=1S/C17H17BrN2O/c18-14-5-7-15(8-6-14)20-17(21)11-19-16-9-12-3-1-2-4-13(12)10-16/h1-8,16,19H,9-11H2,(H,20,21). The average molecular weight is 345 g/mol. The van der Waals surface area contributed by atoms with Crippen molar-refractivity contribution in [2.45, 2.75) is 18.9 Å². The molecule has 3 nitrogen and oxygen atoms in total. The fraction of sp³-hybridized carbons (Fsp3) is 0.235. The highest BCUT2D eigenvalue weighted by Crippen LogP contribution is 2.21. The van der Waals surface area contributed by atoms with E-state index in [1.165, 1.54) is 11.1 Å². The molecule has 1 aliphatic carbocycles. The van der Waals surface area contributed by atoms with Crippen molar-refractivity contribution in [2.24, 2.45) is 0 Å². The van der Waals surface area contributed by atoms with Crippen molar-refractivity contribution in [3.05, 3.63) is 64.1 Å². The molecular weight excluding hydrogens is 328 g/mol. The molecule has 0 bridgehead atoms. The molecule has 1 amide bonds. The van der Waals surface area contributed by atoms with Gasteiger partial charge in [-0.3, -0.25) is 4.79 Å². The van der Waals surface area contributed by atoms with Crippen molar-refractivity contribution in [1.29, 1.82) is 0 Å². The second-order valence-corrected chi connectivity index (χ2v) is 6.23. The van der Waals surface area contributed by atoms with E-state index in [1.807, 2.05) is 24.3 Å². The Labute approximate surface area is 132 Å². The SMILES string of the molecule is O=C(CNC1Cc2ccccc2C1)Nc1ccc(Br)cc1. The Morgan fingerprint density at radius 1 is 1.05 bits per heavy atom. The summed E-state index contributed by atoms with van der Waals surface area (Å²) in [5, 5.41) is 6.23. The molecular formula is C17H17BrN2O. The molecule has 0 spiro atoms. The first-order chi connectivity index (χ1) is 10.2. The Morgan fingerprint density at radius 2 is 1.67 bits per heavy atom. The fourth-order valence-electron chi connectivity index (χ4n) is 2.68. The largest absolute Gasteiger partial charge is 0.325 e. The molecule has 0 saturated carbocycles. The monoisotopic (exact) mass is 344 g/mol. The molecule has 0 aliphatic heterocycles. The van der Waals surface area contributed by atoms with Crippen LogP contribution in [0.3, 0.4) is 0 Å². The summed E-state index contributed by atoms with van der Waals surface area (Å²) >= 11 is 3.38. The lowest BCUT2D eigenvalue weighted by Gasteiger charge is -2.12. The molecule has 0 fully saturated rings. The zero-order valence-electron chi connectivity index (χ0n) is 11.6. The van der Waals surface area contributed by atoms with Crippen LogP contribution in [0.4, 0.5) is 5.69 Å². The number of halogens is 1. The molecule has 108 valence electrons. The third kappa shape index (κ3) is 3.71. The molecule has 0 aromatic heterocycles. The van der Waals surface area contributed by atoms with E-state index in [0.717, 1.165) is 23.0 Å². The van der Waals surface area contributed by atoms with Crippen LogP contribution < -0.4 is 10.6 Å². The van der Waals surface area contributed by atoms with Gasteiger partial charge in [0.1, 0.15) is 0 Å². The van der Waals surface area contributed by atoms with E-state index in [1.54, 1.807) is 0 Å². The molecule has 0 atom stereocenters. The summed E-state index contributed by atoms with van der Waals surface area (Å²) in [5.74, 6) is -0.00622. The maximum atomic E-state index is 11.9. The third-order valence-corrected chi connectivity index (χ3v) is 4.26. The lowest BCUT2D eigenvalue weighted by atomic mass is 10.1. The molecule has 21 heavy (non-hydrogen) atoms. The highest BCUT2D eigenvalue weighted by atomic mass is 79.9. The molecule has 1 aliphatic rings. The van der Waals surface area contributed by atoms with Gasteiger partial charge in [0.2, 0.25) is 5.91 Å². The predicted octanol–water partition coefficient (Wildman–Crippen LogP) is 3.14. The Kier molecular flexibility index (Phi) is 4.36. The van der Waals surface area contributed by atoms with Crippen molar-refractivity contribution in [2.75, 3.05) is 11.9 Å². The number of rotatable bonds is 4. The third-order valence-electron chi connectivity index (χ3n) is 3.73. The molecule has 0 radical (unpaired) electrons. The number of anilines is 1. The smallest absolute Gasteiger partial charge is 0.238 e. The van der Waals surface area contributed by atoms with Gasteiger partial charge in [0.15, 0.2) is 0 Å². The molecule has 3 rings (SSSR count). The van der Waals surface area contributed by atoms with E-state index < -0.39 is 0 Å². The molecule has 4 heteroatoms. The Morgan fingerprint density at radius 3 is 2.29 bits per heavy atom. The summed E-state index contributed by atoms with van der Waals surface area (Å²) in [7, 11) is 0. The zero-order chi connectivity index (χ0) is 14.7. The van der Waals surface area contributed by atoms with Crippen molar-refractivity contribution in [1.82, 2.24) is 5.32 Å². The summed E-state index contributed by atoms with van der Waals surface area (Å²) in [5.41, 5.74) is 3.60. The van der Waals surface area contributed by atoms with Crippen LogP contribution in [-0.4, -0.2) is 18.5 Å². The zero-order valence-corrected chi connectivity index (χ0v) is 13.2. The van der Waals surface area contributed by atoms with Crippen LogP contribution in [0, 0.1) is 0 Å². The molecule has 0 unspecified atom stereocenters. The van der Waals surface area contributed by atoms with E-state index in [9.17, 15) is 4.79 Å². The Balaban J connectivity index is 1.48. The second kappa shape index (κ2) is 6.41. The van der Waals surface area contributed by atoms with E-state index >= 15 is 0 Å². The molecule has 2 aromatic rings. The number of hydrogen-bond acceptors (Lipinski definition) is 2. The van der Waals surface area contributed by atoms with Crippen LogP contribution in [0.15, 0.2) is 53.0 Å². The minimum Gasteiger partial charge on any atom is -0.325 e. The van der Waals surface area contributed by atoms with Gasteiger partial charge in [0, 0.05) is 16.2 Å². The minimum atomic E-state index is -0.00622. The lowest BCUT2D eigenvalue weighted by molar-refractivity contribution is -0.115. The normalized spacial score (nSPS) is 14.0. The average Bonchev–Trinajstić information content (AvgIpc) is 2.90. The number of benzene rings is 2. The van der Waals surface area contributed by atoms with E-state index in [2.05, 4.69) is 50.8 Å². The summed E-state index contributed by atoms with van der Waals surface area (Å²) in [6.45, 7) is 0.342. The van der Waals surface area contributed by atoms with Crippen LogP contribution in [0.5, 0.6) is 0 Å². The topological polar surface area (TPSA) is 41.1 Å². The summed E-state index contributed by atoms with van der Waals surface area (Å²) in [6.07, 6.45) is 2.00. The molecule has 0 saturated heterocycles. The van der Waals surface area contributed by atoms with E-state index in [-0.39, 0.29) is 5.91 Å². The molecule has 2 N–H and O–H groups in total. The maximum Gasteiger partial charge on any atom is 0.238 e. The van der Waals surface area contributed by atoms with Gasteiger partial charge in [-0.1, -0.05) is 40.2 Å². The Bertz CT molecular complexity index is 614. The molecule has 2 aromatic carbocycles. The minimum absolute atomic E-state index is 0.00622. The summed E-state index contributed by atoms with van der Waals surface area (Å²) in [4.78, 5) is 11.9. The van der Waals surface area contributed by atoms with Crippen LogP contribution in [0.1, 0.15) is 11.1 Å². The first-order valence-corrected chi connectivity index (χ1v) is 7.85. The van der Waals surface area contributed by atoms with E-state index in [0.29, 0.717) is 12.6 Å². The molecule has 0 heterocycles. The lowest BCUT2D eigenvalue weighted by Crippen LogP contribution is -2.36. The number of nitrogens with one attached hydrogen (secondary N) is 2. The number of carbonyl (C=O) groups excluding carboxylic acids is 1. The van der Waals surface area contributed by atoms with Crippen LogP contribution >= 0.6 is 15.9 Å². The van der Waals surface area contributed by atoms with Crippen molar-refractivity contribution < 1.29 is 4.79 Å².